The first kappa shape index (κ1) is 14.0. The highest BCUT2D eigenvalue weighted by atomic mass is 79.9. The van der Waals surface area contributed by atoms with E-state index in [1.54, 1.807) is 18.2 Å². The van der Waals surface area contributed by atoms with Crippen LogP contribution in [0.2, 0.25) is 0 Å². The second-order valence-electron chi connectivity index (χ2n) is 3.73. The fourth-order valence-corrected chi connectivity index (χ4v) is 1.94. The molecule has 5 nitrogen and oxygen atoms in total. The molecule has 0 saturated heterocycles. The third-order valence-corrected chi connectivity index (χ3v) is 3.02. The van der Waals surface area contributed by atoms with Crippen LogP contribution < -0.4 is 4.74 Å². The Hall–Kier alpha value is -2.46. The Morgan fingerprint density at radius 3 is 2.60 bits per heavy atom. The zero-order valence-corrected chi connectivity index (χ0v) is 11.4. The fraction of sp³-hybridized carbons (Fsp3) is 0. The van der Waals surface area contributed by atoms with E-state index in [-0.39, 0.29) is 5.75 Å². The number of nitrogens with zero attached hydrogens (tertiary/aromatic N) is 2. The van der Waals surface area contributed by atoms with Gasteiger partial charge in [-0.05, 0) is 40.2 Å². The van der Waals surface area contributed by atoms with Gasteiger partial charge < -0.3 is 4.74 Å². The number of hydrogen-bond acceptors (Lipinski definition) is 4. The van der Waals surface area contributed by atoms with Crippen LogP contribution in [0, 0.1) is 27.3 Å². The van der Waals surface area contributed by atoms with Crippen LogP contribution in [0.1, 0.15) is 5.56 Å². The molecule has 2 rings (SSSR count). The fourth-order valence-electron chi connectivity index (χ4n) is 1.48. The quantitative estimate of drug-likeness (QED) is 0.622. The minimum absolute atomic E-state index is 0.124. The molecule has 0 heterocycles. The summed E-state index contributed by atoms with van der Waals surface area (Å²) in [5.41, 5.74) is -0.171. The lowest BCUT2D eigenvalue weighted by atomic mass is 10.2. The Kier molecular flexibility index (Phi) is 3.96. The monoisotopic (exact) mass is 336 g/mol. The van der Waals surface area contributed by atoms with Crippen LogP contribution >= 0.6 is 15.9 Å². The van der Waals surface area contributed by atoms with Gasteiger partial charge in [-0.1, -0.05) is 0 Å². The minimum atomic E-state index is -0.975. The van der Waals surface area contributed by atoms with Crippen LogP contribution in [0.3, 0.4) is 0 Å². The average Bonchev–Trinajstić information content (AvgIpc) is 2.40. The lowest BCUT2D eigenvalue weighted by molar-refractivity contribution is -0.387. The van der Waals surface area contributed by atoms with Gasteiger partial charge in [-0.2, -0.15) is 9.65 Å². The molecule has 0 fully saturated rings. The standard InChI is InChI=1S/C13H6BrFN2O3/c14-10-5-8(7-16)1-4-13(10)20-9-2-3-12(17(18)19)11(15)6-9/h1-6H. The maximum atomic E-state index is 13.4. The van der Waals surface area contributed by atoms with Gasteiger partial charge in [0.1, 0.15) is 11.5 Å². The molecule has 2 aromatic rings. The molecule has 0 aliphatic heterocycles. The van der Waals surface area contributed by atoms with Crippen LogP contribution in [0.5, 0.6) is 11.5 Å². The van der Waals surface area contributed by atoms with E-state index < -0.39 is 16.4 Å². The first-order chi connectivity index (χ1) is 9.51. The Bertz CT molecular complexity index is 728. The zero-order chi connectivity index (χ0) is 14.7. The third-order valence-electron chi connectivity index (χ3n) is 2.40. The van der Waals surface area contributed by atoms with Crippen LogP contribution in [-0.4, -0.2) is 4.92 Å². The van der Waals surface area contributed by atoms with Crippen LogP contribution in [0.4, 0.5) is 10.1 Å². The second kappa shape index (κ2) is 5.67. The smallest absolute Gasteiger partial charge is 0.305 e. The summed E-state index contributed by atoms with van der Waals surface area (Å²) in [6.07, 6.45) is 0. The van der Waals surface area contributed by atoms with Crippen LogP contribution in [-0.2, 0) is 0 Å². The summed E-state index contributed by atoms with van der Waals surface area (Å²) >= 11 is 3.22. The van der Waals surface area contributed by atoms with E-state index in [1.165, 1.54) is 6.07 Å². The molecular formula is C13H6BrFN2O3. The van der Waals surface area contributed by atoms with E-state index in [4.69, 9.17) is 10.00 Å². The Labute approximate surface area is 121 Å². The average molecular weight is 337 g/mol. The van der Waals surface area contributed by atoms with Gasteiger partial charge in [0.25, 0.3) is 0 Å². The third kappa shape index (κ3) is 2.92. The molecule has 0 amide bonds. The first-order valence-corrected chi connectivity index (χ1v) is 6.12. The summed E-state index contributed by atoms with van der Waals surface area (Å²) in [6, 6.07) is 9.87. The number of hydrogen-bond donors (Lipinski definition) is 0. The summed E-state index contributed by atoms with van der Waals surface area (Å²) in [7, 11) is 0. The first-order valence-electron chi connectivity index (χ1n) is 5.32. The second-order valence-corrected chi connectivity index (χ2v) is 4.58. The van der Waals surface area contributed by atoms with E-state index in [2.05, 4.69) is 15.9 Å². The molecule has 0 N–H and O–H groups in total. The zero-order valence-electron chi connectivity index (χ0n) is 9.84. The van der Waals surface area contributed by atoms with Gasteiger partial charge in [-0.3, -0.25) is 10.1 Å². The molecule has 0 aliphatic carbocycles. The van der Waals surface area contributed by atoms with Crippen LogP contribution in [0.25, 0.3) is 0 Å². The van der Waals surface area contributed by atoms with Crippen molar-refractivity contribution >= 4 is 21.6 Å². The molecule has 0 aromatic heterocycles. The van der Waals surface area contributed by atoms with Crippen molar-refractivity contribution in [1.29, 1.82) is 5.26 Å². The topological polar surface area (TPSA) is 76.2 Å². The summed E-state index contributed by atoms with van der Waals surface area (Å²) in [5, 5.41) is 19.2. The molecular weight excluding hydrogens is 331 g/mol. The van der Waals surface area contributed by atoms with Gasteiger partial charge in [0.05, 0.1) is 21.0 Å². The number of ether oxygens (including phenoxy) is 1. The number of nitro groups is 1. The van der Waals surface area contributed by atoms with Gasteiger partial charge >= 0.3 is 5.69 Å². The lowest BCUT2D eigenvalue weighted by Crippen LogP contribution is -1.93. The van der Waals surface area contributed by atoms with Crippen molar-refractivity contribution in [3.63, 3.8) is 0 Å². The summed E-state index contributed by atoms with van der Waals surface area (Å²) in [6.45, 7) is 0. The number of rotatable bonds is 3. The molecule has 100 valence electrons. The Morgan fingerprint density at radius 1 is 1.30 bits per heavy atom. The molecule has 2 aromatic carbocycles. The van der Waals surface area contributed by atoms with Gasteiger partial charge in [0.2, 0.25) is 5.82 Å². The van der Waals surface area contributed by atoms with Crippen molar-refractivity contribution in [2.45, 2.75) is 0 Å². The number of nitro benzene ring substituents is 1. The number of nitriles is 1. The van der Waals surface area contributed by atoms with Crippen molar-refractivity contribution in [2.75, 3.05) is 0 Å². The van der Waals surface area contributed by atoms with Crippen LogP contribution in [0.15, 0.2) is 40.9 Å². The highest BCUT2D eigenvalue weighted by Gasteiger charge is 2.15. The van der Waals surface area contributed by atoms with E-state index >= 15 is 0 Å². The van der Waals surface area contributed by atoms with Crippen molar-refractivity contribution in [3.8, 4) is 17.6 Å². The molecule has 7 heteroatoms. The largest absolute Gasteiger partial charge is 0.456 e. The minimum Gasteiger partial charge on any atom is -0.456 e. The summed E-state index contributed by atoms with van der Waals surface area (Å²) < 4.78 is 19.4. The van der Waals surface area contributed by atoms with E-state index in [1.807, 2.05) is 6.07 Å². The normalized spacial score (nSPS) is 9.85. The van der Waals surface area contributed by atoms with E-state index in [0.29, 0.717) is 15.8 Å². The molecule has 0 spiro atoms. The van der Waals surface area contributed by atoms with Crippen molar-refractivity contribution in [2.24, 2.45) is 0 Å². The maximum Gasteiger partial charge on any atom is 0.305 e. The Morgan fingerprint density at radius 2 is 2.05 bits per heavy atom. The predicted octanol–water partition coefficient (Wildman–Crippen LogP) is 4.16. The van der Waals surface area contributed by atoms with Gasteiger partial charge in [0.15, 0.2) is 0 Å². The highest BCUT2D eigenvalue weighted by Crippen LogP contribution is 2.32. The molecule has 0 radical (unpaired) electrons. The van der Waals surface area contributed by atoms with Crippen molar-refractivity contribution in [1.82, 2.24) is 0 Å². The van der Waals surface area contributed by atoms with Gasteiger partial charge in [0, 0.05) is 12.1 Å². The molecule has 20 heavy (non-hydrogen) atoms. The highest BCUT2D eigenvalue weighted by molar-refractivity contribution is 9.10. The van der Waals surface area contributed by atoms with Crippen molar-refractivity contribution in [3.05, 3.63) is 62.4 Å². The van der Waals surface area contributed by atoms with Gasteiger partial charge in [-0.15, -0.1) is 0 Å². The molecule has 0 unspecified atom stereocenters. The van der Waals surface area contributed by atoms with E-state index in [9.17, 15) is 14.5 Å². The van der Waals surface area contributed by atoms with Crippen molar-refractivity contribution < 1.29 is 14.1 Å². The summed E-state index contributed by atoms with van der Waals surface area (Å²) in [4.78, 5) is 9.69. The summed E-state index contributed by atoms with van der Waals surface area (Å²) in [5.74, 6) is -0.479. The van der Waals surface area contributed by atoms with Gasteiger partial charge in [-0.25, -0.2) is 0 Å². The number of halogens is 2. The maximum absolute atomic E-state index is 13.4. The van der Waals surface area contributed by atoms with E-state index in [0.717, 1.165) is 12.1 Å². The Balaban J connectivity index is 2.29. The predicted molar refractivity (Wildman–Crippen MR) is 72.0 cm³/mol. The molecule has 0 saturated carbocycles. The molecule has 0 atom stereocenters. The molecule has 0 aliphatic rings. The lowest BCUT2D eigenvalue weighted by Gasteiger charge is -2.08. The number of benzene rings is 2. The SMILES string of the molecule is N#Cc1ccc(Oc2ccc([N+](=O)[O-])c(F)c2)c(Br)c1. The molecule has 0 bridgehead atoms.